The van der Waals surface area contributed by atoms with E-state index in [1.807, 2.05) is 25.7 Å². The molecule has 4 nitrogen and oxygen atoms in total. The van der Waals surface area contributed by atoms with Gasteiger partial charge in [0, 0.05) is 12.5 Å². The molecule has 3 fully saturated rings. The first-order valence-corrected chi connectivity index (χ1v) is 8.42. The van der Waals surface area contributed by atoms with Crippen LogP contribution in [0.25, 0.3) is 0 Å². The Morgan fingerprint density at radius 3 is 2.19 bits per heavy atom. The van der Waals surface area contributed by atoms with Gasteiger partial charge in [0.25, 0.3) is 0 Å². The third kappa shape index (κ3) is 2.95. The van der Waals surface area contributed by atoms with Crippen molar-refractivity contribution in [3.63, 3.8) is 0 Å². The minimum Gasteiger partial charge on any atom is -0.458 e. The zero-order valence-electron chi connectivity index (χ0n) is 13.4. The normalized spacial score (nSPS) is 35.3. The van der Waals surface area contributed by atoms with Gasteiger partial charge in [-0.25, -0.2) is 4.79 Å². The summed E-state index contributed by atoms with van der Waals surface area (Å²) in [6.07, 6.45) is 6.60. The number of rotatable bonds is 2. The lowest BCUT2D eigenvalue weighted by Gasteiger charge is -2.27. The molecule has 4 heteroatoms. The highest BCUT2D eigenvalue weighted by Crippen LogP contribution is 2.56. The fourth-order valence-corrected chi connectivity index (χ4v) is 4.20. The van der Waals surface area contributed by atoms with Gasteiger partial charge in [0.1, 0.15) is 11.6 Å². The third-order valence-corrected chi connectivity index (χ3v) is 5.16. The molecule has 1 saturated heterocycles. The van der Waals surface area contributed by atoms with Crippen LogP contribution in [0.5, 0.6) is 0 Å². The minimum absolute atomic E-state index is 0.204. The maximum absolute atomic E-state index is 12.8. The summed E-state index contributed by atoms with van der Waals surface area (Å²) >= 11 is 0. The summed E-state index contributed by atoms with van der Waals surface area (Å²) in [6, 6.07) is -0.348. The van der Waals surface area contributed by atoms with Crippen LogP contribution in [0, 0.1) is 17.8 Å². The van der Waals surface area contributed by atoms with E-state index >= 15 is 0 Å². The molecule has 3 atom stereocenters. The number of esters is 1. The van der Waals surface area contributed by atoms with Crippen molar-refractivity contribution in [3.05, 3.63) is 0 Å². The summed E-state index contributed by atoms with van der Waals surface area (Å²) in [5, 5.41) is 0. The Morgan fingerprint density at radius 1 is 1.00 bits per heavy atom. The van der Waals surface area contributed by atoms with E-state index < -0.39 is 5.60 Å². The number of nitrogens with zero attached hydrogens (tertiary/aromatic N) is 1. The van der Waals surface area contributed by atoms with Crippen LogP contribution in [0.4, 0.5) is 0 Å². The van der Waals surface area contributed by atoms with Crippen LogP contribution in [-0.4, -0.2) is 35.0 Å². The predicted molar refractivity (Wildman–Crippen MR) is 79.5 cm³/mol. The van der Waals surface area contributed by atoms with Gasteiger partial charge in [0.2, 0.25) is 5.91 Å². The van der Waals surface area contributed by atoms with Crippen LogP contribution in [0.1, 0.15) is 59.3 Å². The highest BCUT2D eigenvalue weighted by molar-refractivity contribution is 5.88. The van der Waals surface area contributed by atoms with Crippen molar-refractivity contribution in [1.82, 2.24) is 4.90 Å². The van der Waals surface area contributed by atoms with Crippen molar-refractivity contribution in [2.75, 3.05) is 6.54 Å². The highest BCUT2D eigenvalue weighted by Gasteiger charge is 2.57. The molecule has 0 bridgehead atoms. The summed E-state index contributed by atoms with van der Waals surface area (Å²) in [4.78, 5) is 26.9. The van der Waals surface area contributed by atoms with Gasteiger partial charge in [-0.2, -0.15) is 0 Å². The molecule has 1 aliphatic heterocycles. The maximum Gasteiger partial charge on any atom is 0.329 e. The van der Waals surface area contributed by atoms with Crippen LogP contribution < -0.4 is 0 Å². The first-order chi connectivity index (χ1) is 9.88. The van der Waals surface area contributed by atoms with Crippen LogP contribution in [0.3, 0.4) is 0 Å². The Bertz CT molecular complexity index is 428. The van der Waals surface area contributed by atoms with Crippen molar-refractivity contribution in [2.45, 2.75) is 70.9 Å². The fourth-order valence-electron chi connectivity index (χ4n) is 4.20. The molecule has 2 saturated carbocycles. The van der Waals surface area contributed by atoms with Crippen molar-refractivity contribution in [1.29, 1.82) is 0 Å². The molecule has 21 heavy (non-hydrogen) atoms. The Balaban J connectivity index is 1.64. The third-order valence-electron chi connectivity index (χ3n) is 5.16. The standard InChI is InChI=1S/C17H27NO3/c1-17(2,3)21-16(20)13-9-6-10-18(13)15(19)14-11-7-4-5-8-12(11)14/h11-14H,4-10H2,1-3H3/t11?,12?,13-,14?/m0/s1. The lowest BCUT2D eigenvalue weighted by atomic mass is 10.0. The van der Waals surface area contributed by atoms with Gasteiger partial charge in [-0.15, -0.1) is 0 Å². The molecular weight excluding hydrogens is 266 g/mol. The number of likely N-dealkylation sites (tertiary alicyclic amines) is 1. The number of hydrogen-bond acceptors (Lipinski definition) is 3. The van der Waals surface area contributed by atoms with E-state index in [1.165, 1.54) is 25.7 Å². The lowest BCUT2D eigenvalue weighted by Crippen LogP contribution is -2.44. The summed E-state index contributed by atoms with van der Waals surface area (Å²) in [5.41, 5.74) is -0.484. The molecule has 118 valence electrons. The van der Waals surface area contributed by atoms with Crippen LogP contribution >= 0.6 is 0 Å². The summed E-state index contributed by atoms with van der Waals surface area (Å²) in [5.74, 6) is 1.41. The molecule has 0 aromatic heterocycles. The molecule has 3 rings (SSSR count). The molecular formula is C17H27NO3. The van der Waals surface area contributed by atoms with Crippen LogP contribution in [-0.2, 0) is 14.3 Å². The Morgan fingerprint density at radius 2 is 1.62 bits per heavy atom. The van der Waals surface area contributed by atoms with E-state index in [1.54, 1.807) is 0 Å². The second kappa shape index (κ2) is 5.29. The topological polar surface area (TPSA) is 46.6 Å². The molecule has 3 aliphatic rings. The Kier molecular flexibility index (Phi) is 3.74. The van der Waals surface area contributed by atoms with E-state index in [-0.39, 0.29) is 23.8 Å². The van der Waals surface area contributed by atoms with E-state index in [2.05, 4.69) is 0 Å². The smallest absolute Gasteiger partial charge is 0.329 e. The van der Waals surface area contributed by atoms with Gasteiger partial charge in [0.05, 0.1) is 0 Å². The molecule has 1 heterocycles. The zero-order valence-corrected chi connectivity index (χ0v) is 13.4. The van der Waals surface area contributed by atoms with E-state index in [9.17, 15) is 9.59 Å². The highest BCUT2D eigenvalue weighted by atomic mass is 16.6. The second-order valence-corrected chi connectivity index (χ2v) is 7.86. The van der Waals surface area contributed by atoms with Gasteiger partial charge in [-0.3, -0.25) is 4.79 Å². The molecule has 0 aromatic carbocycles. The van der Waals surface area contributed by atoms with E-state index in [0.717, 1.165) is 19.4 Å². The molecule has 0 radical (unpaired) electrons. The largest absolute Gasteiger partial charge is 0.458 e. The SMILES string of the molecule is CC(C)(C)OC(=O)[C@@H]1CCCN1C(=O)C1C2CCCCC21. The van der Waals surface area contributed by atoms with Gasteiger partial charge < -0.3 is 9.64 Å². The number of amides is 1. The predicted octanol–water partition coefficient (Wildman–Crippen LogP) is 2.76. The molecule has 2 unspecified atom stereocenters. The van der Waals surface area contributed by atoms with Gasteiger partial charge in [-0.1, -0.05) is 12.8 Å². The average Bonchev–Trinajstić information content (AvgIpc) is 2.90. The number of ether oxygens (including phenoxy) is 1. The van der Waals surface area contributed by atoms with Crippen molar-refractivity contribution < 1.29 is 14.3 Å². The fraction of sp³-hybridized carbons (Fsp3) is 0.882. The molecule has 0 N–H and O–H groups in total. The van der Waals surface area contributed by atoms with Crippen LogP contribution in [0.2, 0.25) is 0 Å². The summed E-state index contributed by atoms with van der Waals surface area (Å²) in [6.45, 7) is 6.35. The number of carbonyl (C=O) groups is 2. The van der Waals surface area contributed by atoms with Gasteiger partial charge >= 0.3 is 5.97 Å². The number of fused-ring (bicyclic) bond motifs is 1. The molecule has 2 aliphatic carbocycles. The zero-order chi connectivity index (χ0) is 15.2. The quantitative estimate of drug-likeness (QED) is 0.735. The minimum atomic E-state index is -0.484. The van der Waals surface area contributed by atoms with Crippen molar-refractivity contribution in [2.24, 2.45) is 17.8 Å². The number of hydrogen-bond donors (Lipinski definition) is 0. The molecule has 1 amide bonds. The first kappa shape index (κ1) is 14.9. The van der Waals surface area contributed by atoms with E-state index in [0.29, 0.717) is 11.8 Å². The Hall–Kier alpha value is -1.06. The average molecular weight is 293 g/mol. The van der Waals surface area contributed by atoms with Crippen molar-refractivity contribution in [3.8, 4) is 0 Å². The maximum atomic E-state index is 12.8. The molecule has 0 spiro atoms. The summed E-state index contributed by atoms with van der Waals surface area (Å²) in [7, 11) is 0. The van der Waals surface area contributed by atoms with Gasteiger partial charge in [-0.05, 0) is 58.3 Å². The lowest BCUT2D eigenvalue weighted by molar-refractivity contribution is -0.163. The van der Waals surface area contributed by atoms with Crippen molar-refractivity contribution >= 4 is 11.9 Å². The molecule has 0 aromatic rings. The number of carbonyl (C=O) groups excluding carboxylic acids is 2. The van der Waals surface area contributed by atoms with E-state index in [4.69, 9.17) is 4.74 Å². The van der Waals surface area contributed by atoms with Gasteiger partial charge in [0.15, 0.2) is 0 Å². The summed E-state index contributed by atoms with van der Waals surface area (Å²) < 4.78 is 5.49. The Labute approximate surface area is 127 Å². The second-order valence-electron chi connectivity index (χ2n) is 7.86. The van der Waals surface area contributed by atoms with Crippen LogP contribution in [0.15, 0.2) is 0 Å². The monoisotopic (exact) mass is 293 g/mol. The first-order valence-electron chi connectivity index (χ1n) is 8.42.